The predicted octanol–water partition coefficient (Wildman–Crippen LogP) is 0.507. The molecule has 8 nitrogen and oxygen atoms in total. The summed E-state index contributed by atoms with van der Waals surface area (Å²) >= 11 is 0. The van der Waals surface area contributed by atoms with Crippen LogP contribution < -0.4 is 11.1 Å². The molecule has 3 rings (SSSR count). The number of hydrogen-bond donors (Lipinski definition) is 3. The highest BCUT2D eigenvalue weighted by atomic mass is 19.1. The summed E-state index contributed by atoms with van der Waals surface area (Å²) in [6.45, 7) is 0.253. The lowest BCUT2D eigenvalue weighted by Crippen LogP contribution is -2.17. The molecule has 2 amide bonds. The highest BCUT2D eigenvalue weighted by Gasteiger charge is 2.17. The summed E-state index contributed by atoms with van der Waals surface area (Å²) in [6, 6.07) is 7.44. The van der Waals surface area contributed by atoms with Crippen molar-refractivity contribution in [2.45, 2.75) is 12.5 Å². The van der Waals surface area contributed by atoms with Crippen molar-refractivity contribution in [1.82, 2.24) is 20.1 Å². The van der Waals surface area contributed by atoms with Crippen LogP contribution in [0.2, 0.25) is 0 Å². The van der Waals surface area contributed by atoms with Crippen molar-refractivity contribution in [3.63, 3.8) is 0 Å². The van der Waals surface area contributed by atoms with E-state index in [1.807, 2.05) is 0 Å². The zero-order valence-electron chi connectivity index (χ0n) is 14.6. The molecule has 9 heteroatoms. The second-order valence-electron chi connectivity index (χ2n) is 5.81. The normalized spacial score (nSPS) is 11.5. The van der Waals surface area contributed by atoms with Gasteiger partial charge in [-0.2, -0.15) is 5.10 Å². The average molecular weight is 381 g/mol. The van der Waals surface area contributed by atoms with Gasteiger partial charge >= 0.3 is 0 Å². The standard InChI is InChI=1S/C19H16FN5O3/c20-16-6-4-13(10-12(16)3-5-14(27)7-9-22-11-26)25-19-15(2-1-8-23-19)17(24-25)18(21)28/h1-2,4,6,8,10-11,14,27H,7,9H2,(H2,21,28)(H,22,26). The number of aliphatic hydroxyl groups is 1. The Kier molecular flexibility index (Phi) is 5.62. The van der Waals surface area contributed by atoms with E-state index in [4.69, 9.17) is 5.73 Å². The van der Waals surface area contributed by atoms with E-state index in [9.17, 15) is 19.1 Å². The van der Waals surface area contributed by atoms with Crippen molar-refractivity contribution < 1.29 is 19.1 Å². The fraction of sp³-hybridized carbons (Fsp3) is 0.158. The summed E-state index contributed by atoms with van der Waals surface area (Å²) in [4.78, 5) is 26.1. The van der Waals surface area contributed by atoms with Crippen LogP contribution >= 0.6 is 0 Å². The smallest absolute Gasteiger partial charge is 0.269 e. The van der Waals surface area contributed by atoms with Crippen molar-refractivity contribution in [1.29, 1.82) is 0 Å². The van der Waals surface area contributed by atoms with Crippen molar-refractivity contribution in [2.75, 3.05) is 6.54 Å². The van der Waals surface area contributed by atoms with Crippen molar-refractivity contribution in [3.8, 4) is 17.5 Å². The highest BCUT2D eigenvalue weighted by Crippen LogP contribution is 2.21. The second kappa shape index (κ2) is 8.28. The molecule has 28 heavy (non-hydrogen) atoms. The number of benzene rings is 1. The maximum Gasteiger partial charge on any atom is 0.269 e. The molecule has 1 atom stereocenters. The van der Waals surface area contributed by atoms with Crippen molar-refractivity contribution in [2.24, 2.45) is 5.73 Å². The van der Waals surface area contributed by atoms with Gasteiger partial charge in [-0.25, -0.2) is 14.1 Å². The molecule has 0 aliphatic rings. The van der Waals surface area contributed by atoms with Gasteiger partial charge in [-0.1, -0.05) is 11.8 Å². The number of amides is 2. The molecule has 0 saturated carbocycles. The van der Waals surface area contributed by atoms with Crippen LogP contribution in [0.25, 0.3) is 16.7 Å². The lowest BCUT2D eigenvalue weighted by molar-refractivity contribution is -0.109. The number of nitrogens with two attached hydrogens (primary N) is 1. The Morgan fingerprint density at radius 3 is 3.00 bits per heavy atom. The van der Waals surface area contributed by atoms with Crippen LogP contribution in [0.15, 0.2) is 36.5 Å². The molecule has 2 aromatic heterocycles. The summed E-state index contributed by atoms with van der Waals surface area (Å²) in [5.41, 5.74) is 6.29. The fourth-order valence-corrected chi connectivity index (χ4v) is 2.57. The molecule has 0 aliphatic heterocycles. The number of primary amides is 1. The van der Waals surface area contributed by atoms with Gasteiger partial charge in [0, 0.05) is 19.2 Å². The Hall–Kier alpha value is -3.77. The molecule has 1 aromatic carbocycles. The van der Waals surface area contributed by atoms with E-state index in [1.165, 1.54) is 22.9 Å². The van der Waals surface area contributed by atoms with Gasteiger partial charge in [0.25, 0.3) is 5.91 Å². The van der Waals surface area contributed by atoms with E-state index in [0.717, 1.165) is 0 Å². The highest BCUT2D eigenvalue weighted by molar-refractivity contribution is 6.03. The Balaban J connectivity index is 1.98. The van der Waals surface area contributed by atoms with Crippen molar-refractivity contribution >= 4 is 23.4 Å². The number of pyridine rings is 1. The quantitative estimate of drug-likeness (QED) is 0.326. The molecule has 0 radical (unpaired) electrons. The van der Waals surface area contributed by atoms with Crippen LogP contribution in [-0.2, 0) is 4.79 Å². The number of hydrogen-bond acceptors (Lipinski definition) is 5. The van der Waals surface area contributed by atoms with E-state index in [1.54, 1.807) is 18.3 Å². The number of halogens is 1. The van der Waals surface area contributed by atoms with E-state index in [-0.39, 0.29) is 24.2 Å². The minimum absolute atomic E-state index is 0.0418. The molecule has 2 heterocycles. The van der Waals surface area contributed by atoms with E-state index in [2.05, 4.69) is 27.2 Å². The molecular formula is C19H16FN5O3. The second-order valence-corrected chi connectivity index (χ2v) is 5.81. The van der Waals surface area contributed by atoms with Gasteiger partial charge in [0.2, 0.25) is 6.41 Å². The third-order valence-electron chi connectivity index (χ3n) is 3.89. The summed E-state index contributed by atoms with van der Waals surface area (Å²) < 4.78 is 15.5. The Labute approximate surface area is 159 Å². The predicted molar refractivity (Wildman–Crippen MR) is 98.9 cm³/mol. The summed E-state index contributed by atoms with van der Waals surface area (Å²) in [7, 11) is 0. The minimum Gasteiger partial charge on any atom is -0.380 e. The molecule has 3 aromatic rings. The summed E-state index contributed by atoms with van der Waals surface area (Å²) in [6.07, 6.45) is 1.25. The lowest BCUT2D eigenvalue weighted by Gasteiger charge is -2.05. The molecule has 0 bridgehead atoms. The fourth-order valence-electron chi connectivity index (χ4n) is 2.57. The zero-order valence-corrected chi connectivity index (χ0v) is 14.6. The number of aromatic nitrogens is 3. The molecule has 1 unspecified atom stereocenters. The molecule has 0 fully saturated rings. The van der Waals surface area contributed by atoms with Gasteiger partial charge in [0.1, 0.15) is 11.9 Å². The Morgan fingerprint density at radius 1 is 1.43 bits per heavy atom. The minimum atomic E-state index is -1.02. The number of fused-ring (bicyclic) bond motifs is 1. The third-order valence-corrected chi connectivity index (χ3v) is 3.89. The van der Waals surface area contributed by atoms with Gasteiger partial charge in [-0.3, -0.25) is 9.59 Å². The first-order valence-corrected chi connectivity index (χ1v) is 8.31. The largest absolute Gasteiger partial charge is 0.380 e. The first kappa shape index (κ1) is 19.0. The van der Waals surface area contributed by atoms with Gasteiger partial charge in [-0.05, 0) is 30.3 Å². The SMILES string of the molecule is NC(=O)c1nn(-c2ccc(F)c(C#CC(O)CCNC=O)c2)c2ncccc12. The summed E-state index contributed by atoms with van der Waals surface area (Å²) in [5.74, 6) is 3.83. The van der Waals surface area contributed by atoms with Crippen LogP contribution in [0.1, 0.15) is 22.5 Å². The van der Waals surface area contributed by atoms with Gasteiger partial charge in [0.05, 0.1) is 16.6 Å². The lowest BCUT2D eigenvalue weighted by atomic mass is 10.1. The van der Waals surface area contributed by atoms with Gasteiger partial charge in [-0.15, -0.1) is 0 Å². The van der Waals surface area contributed by atoms with Crippen LogP contribution in [0, 0.1) is 17.7 Å². The van der Waals surface area contributed by atoms with Crippen molar-refractivity contribution in [3.05, 3.63) is 53.6 Å². The first-order valence-electron chi connectivity index (χ1n) is 8.31. The maximum absolute atomic E-state index is 14.1. The zero-order chi connectivity index (χ0) is 20.1. The van der Waals surface area contributed by atoms with Crippen LogP contribution in [0.3, 0.4) is 0 Å². The van der Waals surface area contributed by atoms with E-state index < -0.39 is 17.8 Å². The number of carbonyl (C=O) groups is 2. The monoisotopic (exact) mass is 381 g/mol. The van der Waals surface area contributed by atoms with Gasteiger partial charge < -0.3 is 16.2 Å². The number of nitrogens with one attached hydrogen (secondary N) is 1. The van der Waals surface area contributed by atoms with Crippen LogP contribution in [0.5, 0.6) is 0 Å². The van der Waals surface area contributed by atoms with Crippen LogP contribution in [-0.4, -0.2) is 44.8 Å². The Bertz CT molecular complexity index is 1100. The van der Waals surface area contributed by atoms with Gasteiger partial charge in [0.15, 0.2) is 11.3 Å². The number of nitrogens with zero attached hydrogens (tertiary/aromatic N) is 3. The topological polar surface area (TPSA) is 123 Å². The molecule has 0 aliphatic carbocycles. The Morgan fingerprint density at radius 2 is 2.25 bits per heavy atom. The number of rotatable bonds is 6. The first-order chi connectivity index (χ1) is 13.5. The van der Waals surface area contributed by atoms with E-state index in [0.29, 0.717) is 23.1 Å². The maximum atomic E-state index is 14.1. The summed E-state index contributed by atoms with van der Waals surface area (Å²) in [5, 5.41) is 16.9. The number of aliphatic hydroxyl groups excluding tert-OH is 1. The third kappa shape index (κ3) is 3.97. The average Bonchev–Trinajstić information content (AvgIpc) is 3.08. The van der Waals surface area contributed by atoms with Crippen LogP contribution in [0.4, 0.5) is 4.39 Å². The molecule has 0 spiro atoms. The molecule has 4 N–H and O–H groups in total. The number of carbonyl (C=O) groups excluding carboxylic acids is 2. The molecule has 142 valence electrons. The molecule has 0 saturated heterocycles. The molecular weight excluding hydrogens is 365 g/mol. The van der Waals surface area contributed by atoms with E-state index >= 15 is 0 Å².